The lowest BCUT2D eigenvalue weighted by atomic mass is 9.80. The zero-order valence-electron chi connectivity index (χ0n) is 10.8. The molecule has 0 saturated heterocycles. The van der Waals surface area contributed by atoms with Crippen LogP contribution in [0.5, 0.6) is 0 Å². The maximum Gasteiger partial charge on any atom is 0.272 e. The highest BCUT2D eigenvalue weighted by atomic mass is 16.6. The topological polar surface area (TPSA) is 69.2 Å². The molecule has 0 amide bonds. The molecule has 2 N–H and O–H groups in total. The average molecular weight is 248 g/mol. The highest BCUT2D eigenvalue weighted by Crippen LogP contribution is 2.29. The molecule has 2 atom stereocenters. The zero-order chi connectivity index (χ0) is 13.1. The third-order valence-electron chi connectivity index (χ3n) is 4.06. The first-order valence-electron chi connectivity index (χ1n) is 6.58. The SMILES string of the molecule is Cc1c(CC2CCCCC2N)cccc1[N+](=O)[O-]. The van der Waals surface area contributed by atoms with Crippen LogP contribution in [0.15, 0.2) is 18.2 Å². The number of nitro benzene ring substituents is 1. The minimum atomic E-state index is -0.306. The first kappa shape index (κ1) is 13.0. The van der Waals surface area contributed by atoms with Gasteiger partial charge in [0.25, 0.3) is 5.69 Å². The second-order valence-electron chi connectivity index (χ2n) is 5.23. The Morgan fingerprint density at radius 1 is 1.39 bits per heavy atom. The molecule has 1 aromatic carbocycles. The van der Waals surface area contributed by atoms with Gasteiger partial charge in [-0.15, -0.1) is 0 Å². The Morgan fingerprint density at radius 3 is 2.78 bits per heavy atom. The highest BCUT2D eigenvalue weighted by Gasteiger charge is 2.23. The maximum absolute atomic E-state index is 10.9. The van der Waals surface area contributed by atoms with Crippen LogP contribution in [0.3, 0.4) is 0 Å². The van der Waals surface area contributed by atoms with E-state index in [0.29, 0.717) is 5.92 Å². The third kappa shape index (κ3) is 2.70. The largest absolute Gasteiger partial charge is 0.327 e. The van der Waals surface area contributed by atoms with Crippen molar-refractivity contribution in [3.63, 3.8) is 0 Å². The van der Waals surface area contributed by atoms with Crippen LogP contribution in [0.2, 0.25) is 0 Å². The van der Waals surface area contributed by atoms with Gasteiger partial charge in [-0.3, -0.25) is 10.1 Å². The molecule has 4 nitrogen and oxygen atoms in total. The summed E-state index contributed by atoms with van der Waals surface area (Å²) in [5.41, 5.74) is 8.23. The summed E-state index contributed by atoms with van der Waals surface area (Å²) in [5.74, 6) is 0.472. The molecule has 98 valence electrons. The summed E-state index contributed by atoms with van der Waals surface area (Å²) < 4.78 is 0. The fraction of sp³-hybridized carbons (Fsp3) is 0.571. The van der Waals surface area contributed by atoms with E-state index < -0.39 is 0 Å². The van der Waals surface area contributed by atoms with Crippen molar-refractivity contribution in [3.05, 3.63) is 39.4 Å². The second kappa shape index (κ2) is 5.48. The molecule has 0 aliphatic heterocycles. The van der Waals surface area contributed by atoms with Crippen molar-refractivity contribution in [1.29, 1.82) is 0 Å². The lowest BCUT2D eigenvalue weighted by molar-refractivity contribution is -0.385. The quantitative estimate of drug-likeness (QED) is 0.660. The Morgan fingerprint density at radius 2 is 2.11 bits per heavy atom. The van der Waals surface area contributed by atoms with Crippen LogP contribution in [-0.2, 0) is 6.42 Å². The highest BCUT2D eigenvalue weighted by molar-refractivity contribution is 5.44. The van der Waals surface area contributed by atoms with Crippen molar-refractivity contribution >= 4 is 5.69 Å². The van der Waals surface area contributed by atoms with E-state index in [0.717, 1.165) is 30.4 Å². The van der Waals surface area contributed by atoms with Crippen molar-refractivity contribution in [2.75, 3.05) is 0 Å². The van der Waals surface area contributed by atoms with Gasteiger partial charge < -0.3 is 5.73 Å². The Labute approximate surface area is 107 Å². The molecule has 1 aliphatic carbocycles. The Balaban J connectivity index is 2.18. The summed E-state index contributed by atoms with van der Waals surface area (Å²) in [4.78, 5) is 10.6. The molecule has 2 rings (SSSR count). The molecule has 2 unspecified atom stereocenters. The average Bonchev–Trinajstić information content (AvgIpc) is 2.34. The number of hydrogen-bond donors (Lipinski definition) is 1. The van der Waals surface area contributed by atoms with Crippen molar-refractivity contribution in [3.8, 4) is 0 Å². The Kier molecular flexibility index (Phi) is 3.97. The molecular formula is C14H20N2O2. The number of hydrogen-bond acceptors (Lipinski definition) is 3. The summed E-state index contributed by atoms with van der Waals surface area (Å²) >= 11 is 0. The number of nitrogens with zero attached hydrogens (tertiary/aromatic N) is 1. The molecule has 0 aromatic heterocycles. The summed E-state index contributed by atoms with van der Waals surface area (Å²) in [7, 11) is 0. The Hall–Kier alpha value is -1.42. The van der Waals surface area contributed by atoms with Crippen LogP contribution >= 0.6 is 0 Å². The van der Waals surface area contributed by atoms with E-state index in [4.69, 9.17) is 5.73 Å². The van der Waals surface area contributed by atoms with E-state index in [9.17, 15) is 10.1 Å². The molecule has 0 spiro atoms. The van der Waals surface area contributed by atoms with Gasteiger partial charge in [-0.2, -0.15) is 0 Å². The molecule has 0 radical (unpaired) electrons. The molecule has 0 bridgehead atoms. The molecular weight excluding hydrogens is 228 g/mol. The van der Waals surface area contributed by atoms with Gasteiger partial charge in [-0.05, 0) is 37.7 Å². The number of benzene rings is 1. The molecule has 1 saturated carbocycles. The fourth-order valence-electron chi connectivity index (χ4n) is 2.86. The second-order valence-corrected chi connectivity index (χ2v) is 5.23. The summed E-state index contributed by atoms with van der Waals surface area (Å²) in [6, 6.07) is 5.58. The summed E-state index contributed by atoms with van der Waals surface area (Å²) in [6.45, 7) is 1.84. The van der Waals surface area contributed by atoms with Crippen LogP contribution in [0.1, 0.15) is 36.8 Å². The number of rotatable bonds is 3. The lowest BCUT2D eigenvalue weighted by Crippen LogP contribution is -2.34. The van der Waals surface area contributed by atoms with Gasteiger partial charge >= 0.3 is 0 Å². The number of nitrogens with two attached hydrogens (primary N) is 1. The number of nitro groups is 1. The van der Waals surface area contributed by atoms with Gasteiger partial charge in [0, 0.05) is 17.7 Å². The van der Waals surface area contributed by atoms with E-state index in [-0.39, 0.29) is 16.7 Å². The van der Waals surface area contributed by atoms with Crippen LogP contribution in [0.25, 0.3) is 0 Å². The fourth-order valence-corrected chi connectivity index (χ4v) is 2.86. The van der Waals surface area contributed by atoms with E-state index in [1.54, 1.807) is 12.1 Å². The normalized spacial score (nSPS) is 23.9. The van der Waals surface area contributed by atoms with Crippen molar-refractivity contribution in [2.45, 2.75) is 45.1 Å². The molecule has 1 aliphatic rings. The molecule has 18 heavy (non-hydrogen) atoms. The van der Waals surface area contributed by atoms with Gasteiger partial charge in [0.1, 0.15) is 0 Å². The van der Waals surface area contributed by atoms with Crippen LogP contribution < -0.4 is 5.73 Å². The van der Waals surface area contributed by atoms with Gasteiger partial charge in [-0.25, -0.2) is 0 Å². The van der Waals surface area contributed by atoms with Crippen LogP contribution in [0.4, 0.5) is 5.69 Å². The third-order valence-corrected chi connectivity index (χ3v) is 4.06. The standard InChI is InChI=1S/C14H20N2O2/c1-10-11(6-4-8-14(10)16(17)18)9-12-5-2-3-7-13(12)15/h4,6,8,12-13H,2-3,5,7,9,15H2,1H3. The van der Waals surface area contributed by atoms with Gasteiger partial charge in [0.05, 0.1) is 4.92 Å². The Bertz CT molecular complexity index is 445. The van der Waals surface area contributed by atoms with Gasteiger partial charge in [-0.1, -0.05) is 25.0 Å². The predicted molar refractivity (Wildman–Crippen MR) is 71.5 cm³/mol. The first-order valence-corrected chi connectivity index (χ1v) is 6.58. The van der Waals surface area contributed by atoms with E-state index in [2.05, 4.69) is 0 Å². The van der Waals surface area contributed by atoms with Crippen LogP contribution in [-0.4, -0.2) is 11.0 Å². The van der Waals surface area contributed by atoms with Crippen LogP contribution in [0, 0.1) is 23.0 Å². The summed E-state index contributed by atoms with van der Waals surface area (Å²) in [6.07, 6.45) is 5.54. The van der Waals surface area contributed by atoms with Crippen molar-refractivity contribution < 1.29 is 4.92 Å². The monoisotopic (exact) mass is 248 g/mol. The predicted octanol–water partition coefficient (Wildman–Crippen LogP) is 2.96. The lowest BCUT2D eigenvalue weighted by Gasteiger charge is -2.29. The molecule has 0 heterocycles. The van der Waals surface area contributed by atoms with E-state index >= 15 is 0 Å². The maximum atomic E-state index is 10.9. The van der Waals surface area contributed by atoms with E-state index in [1.807, 2.05) is 13.0 Å². The first-order chi connectivity index (χ1) is 8.59. The van der Waals surface area contributed by atoms with E-state index in [1.165, 1.54) is 12.8 Å². The zero-order valence-corrected chi connectivity index (χ0v) is 10.8. The minimum absolute atomic E-state index is 0.219. The summed E-state index contributed by atoms with van der Waals surface area (Å²) in [5, 5.41) is 10.9. The van der Waals surface area contributed by atoms with Gasteiger partial charge in [0.15, 0.2) is 0 Å². The molecule has 4 heteroatoms. The smallest absolute Gasteiger partial charge is 0.272 e. The van der Waals surface area contributed by atoms with Crippen molar-refractivity contribution in [2.24, 2.45) is 11.7 Å². The minimum Gasteiger partial charge on any atom is -0.327 e. The van der Waals surface area contributed by atoms with Gasteiger partial charge in [0.2, 0.25) is 0 Å². The van der Waals surface area contributed by atoms with Crippen molar-refractivity contribution in [1.82, 2.24) is 0 Å². The molecule has 1 fully saturated rings. The molecule has 1 aromatic rings.